The van der Waals surface area contributed by atoms with Crippen molar-refractivity contribution in [2.75, 3.05) is 6.61 Å². The molecule has 0 spiro atoms. The maximum absolute atomic E-state index is 10.7. The highest BCUT2D eigenvalue weighted by Crippen LogP contribution is 2.18. The minimum Gasteiger partial charge on any atom is -0.247 e. The zero-order valence-corrected chi connectivity index (χ0v) is 6.87. The number of hydrogen-bond donors (Lipinski definition) is 0. The van der Waals surface area contributed by atoms with Gasteiger partial charge in [0.1, 0.15) is 0 Å². The highest BCUT2D eigenvalue weighted by Gasteiger charge is 2.32. The summed E-state index contributed by atoms with van der Waals surface area (Å²) in [6.07, 6.45) is 9.15. The van der Waals surface area contributed by atoms with Gasteiger partial charge in [0.15, 0.2) is 6.10 Å². The molecule has 5 heteroatoms. The van der Waals surface area contributed by atoms with E-state index in [1.54, 1.807) is 0 Å². The second-order valence-corrected chi connectivity index (χ2v) is 3.39. The fraction of sp³-hybridized carbons (Fsp3) is 0.429. The average Bonchev–Trinajstić information content (AvgIpc) is 2.03. The van der Waals surface area contributed by atoms with Crippen LogP contribution in [0.2, 0.25) is 0 Å². The van der Waals surface area contributed by atoms with Crippen LogP contribution in [0, 0.1) is 30.6 Å². The molecule has 0 saturated carbocycles. The third-order valence-corrected chi connectivity index (χ3v) is 2.23. The molecule has 1 fully saturated rings. The van der Waals surface area contributed by atoms with E-state index < -0.39 is 22.4 Å². The predicted octanol–water partition coefficient (Wildman–Crippen LogP) is -0.471. The summed E-state index contributed by atoms with van der Waals surface area (Å²) in [5, 5.41) is 0. The maximum atomic E-state index is 10.7. The lowest BCUT2D eigenvalue weighted by Crippen LogP contribution is -2.35. The maximum Gasteiger partial charge on any atom is 0.401 e. The molecule has 1 aliphatic rings. The number of rotatable bonds is 0. The van der Waals surface area contributed by atoms with Crippen molar-refractivity contribution < 1.29 is 16.8 Å². The Balaban J connectivity index is 2.83. The highest BCUT2D eigenvalue weighted by molar-refractivity contribution is 7.81. The third kappa shape index (κ3) is 1.77. The molecule has 0 aliphatic carbocycles. The van der Waals surface area contributed by atoms with Crippen LogP contribution in [-0.2, 0) is 18.8 Å². The lowest BCUT2D eigenvalue weighted by atomic mass is 10.1. The summed E-state index contributed by atoms with van der Waals surface area (Å²) in [6.45, 7) is -0.117. The van der Waals surface area contributed by atoms with Crippen LogP contribution in [0.25, 0.3) is 0 Å². The van der Waals surface area contributed by atoms with E-state index in [0.717, 1.165) is 0 Å². The molecule has 1 saturated heterocycles. The summed E-state index contributed by atoms with van der Waals surface area (Å²) in [5.41, 5.74) is 0. The third-order valence-electron chi connectivity index (χ3n) is 1.36. The van der Waals surface area contributed by atoms with Gasteiger partial charge in [-0.25, -0.2) is 8.37 Å². The molecule has 1 rings (SSSR count). The fourth-order valence-electron chi connectivity index (χ4n) is 0.745. The second kappa shape index (κ2) is 3.16. The molecule has 0 aromatic rings. The standard InChI is InChI=1S/C7H6O4S/c1-3-6-5-10-12(8,9)11-7(6)4-2/h1-2,6-7H,5H2. The Morgan fingerprint density at radius 3 is 2.50 bits per heavy atom. The van der Waals surface area contributed by atoms with Crippen LogP contribution in [-0.4, -0.2) is 21.1 Å². The van der Waals surface area contributed by atoms with E-state index in [4.69, 9.17) is 12.8 Å². The van der Waals surface area contributed by atoms with Gasteiger partial charge in [0.25, 0.3) is 0 Å². The molecular formula is C7H6O4S. The minimum absolute atomic E-state index is 0.117. The summed E-state index contributed by atoms with van der Waals surface area (Å²) in [7, 11) is -3.93. The summed E-state index contributed by atoms with van der Waals surface area (Å²) in [5.74, 6) is 3.92. The summed E-state index contributed by atoms with van der Waals surface area (Å²) < 4.78 is 30.1. The van der Waals surface area contributed by atoms with E-state index in [2.05, 4.69) is 20.2 Å². The first kappa shape index (κ1) is 9.08. The highest BCUT2D eigenvalue weighted by atomic mass is 32.3. The Morgan fingerprint density at radius 2 is 2.00 bits per heavy atom. The molecule has 0 N–H and O–H groups in total. The fourth-order valence-corrected chi connectivity index (χ4v) is 1.56. The van der Waals surface area contributed by atoms with E-state index in [1.807, 2.05) is 0 Å². The molecule has 12 heavy (non-hydrogen) atoms. The lowest BCUT2D eigenvalue weighted by Gasteiger charge is -2.22. The van der Waals surface area contributed by atoms with Gasteiger partial charge in [-0.15, -0.1) is 12.8 Å². The van der Waals surface area contributed by atoms with Crippen molar-refractivity contribution in [3.63, 3.8) is 0 Å². The summed E-state index contributed by atoms with van der Waals surface area (Å²) >= 11 is 0. The summed E-state index contributed by atoms with van der Waals surface area (Å²) in [6, 6.07) is 0. The quantitative estimate of drug-likeness (QED) is 0.480. The molecule has 2 unspecified atom stereocenters. The zero-order valence-electron chi connectivity index (χ0n) is 6.06. The van der Waals surface area contributed by atoms with Gasteiger partial charge in [0.05, 0.1) is 12.5 Å². The van der Waals surface area contributed by atoms with E-state index in [-0.39, 0.29) is 6.61 Å². The first-order valence-corrected chi connectivity index (χ1v) is 4.42. The Kier molecular flexibility index (Phi) is 2.39. The van der Waals surface area contributed by atoms with Crippen LogP contribution in [0.1, 0.15) is 0 Å². The molecule has 0 bridgehead atoms. The van der Waals surface area contributed by atoms with Gasteiger partial charge in [-0.3, -0.25) is 0 Å². The summed E-state index contributed by atoms with van der Waals surface area (Å²) in [4.78, 5) is 0. The first-order chi connectivity index (χ1) is 5.59. The van der Waals surface area contributed by atoms with E-state index in [0.29, 0.717) is 0 Å². The van der Waals surface area contributed by atoms with Crippen molar-refractivity contribution in [1.82, 2.24) is 0 Å². The van der Waals surface area contributed by atoms with Crippen molar-refractivity contribution in [3.8, 4) is 24.7 Å². The molecule has 0 radical (unpaired) electrons. The predicted molar refractivity (Wildman–Crippen MR) is 40.9 cm³/mol. The Labute approximate surface area is 71.2 Å². The van der Waals surface area contributed by atoms with Gasteiger partial charge in [-0.1, -0.05) is 11.8 Å². The molecule has 2 atom stereocenters. The molecule has 4 nitrogen and oxygen atoms in total. The van der Waals surface area contributed by atoms with Crippen LogP contribution in [0.4, 0.5) is 0 Å². The van der Waals surface area contributed by atoms with Crippen LogP contribution in [0.15, 0.2) is 0 Å². The average molecular weight is 186 g/mol. The van der Waals surface area contributed by atoms with Crippen LogP contribution in [0.3, 0.4) is 0 Å². The van der Waals surface area contributed by atoms with Gasteiger partial charge in [-0.05, 0) is 0 Å². The van der Waals surface area contributed by atoms with E-state index in [9.17, 15) is 8.42 Å². The van der Waals surface area contributed by atoms with Crippen molar-refractivity contribution >= 4 is 10.4 Å². The van der Waals surface area contributed by atoms with Crippen molar-refractivity contribution in [2.45, 2.75) is 6.10 Å². The Bertz CT molecular complexity index is 343. The molecule has 64 valence electrons. The zero-order chi connectivity index (χ0) is 9.19. The SMILES string of the molecule is C#CC1COS(=O)(=O)OC1C#C. The monoisotopic (exact) mass is 186 g/mol. The molecule has 0 aromatic heterocycles. The van der Waals surface area contributed by atoms with Gasteiger partial charge < -0.3 is 0 Å². The topological polar surface area (TPSA) is 52.6 Å². The second-order valence-electron chi connectivity index (χ2n) is 2.15. The van der Waals surface area contributed by atoms with E-state index >= 15 is 0 Å². The van der Waals surface area contributed by atoms with Gasteiger partial charge in [-0.2, -0.15) is 8.42 Å². The van der Waals surface area contributed by atoms with Crippen LogP contribution >= 0.6 is 0 Å². The number of hydrogen-bond acceptors (Lipinski definition) is 4. The minimum atomic E-state index is -3.93. The first-order valence-electron chi connectivity index (χ1n) is 3.09. The Morgan fingerprint density at radius 1 is 1.33 bits per heavy atom. The van der Waals surface area contributed by atoms with Gasteiger partial charge in [0, 0.05) is 0 Å². The normalized spacial score (nSPS) is 33.2. The number of terminal acetylenes is 2. The smallest absolute Gasteiger partial charge is 0.247 e. The molecular weight excluding hydrogens is 180 g/mol. The van der Waals surface area contributed by atoms with Crippen LogP contribution < -0.4 is 0 Å². The lowest BCUT2D eigenvalue weighted by molar-refractivity contribution is 0.0924. The molecule has 0 aromatic carbocycles. The Hall–Kier alpha value is -1.01. The van der Waals surface area contributed by atoms with Crippen molar-refractivity contribution in [1.29, 1.82) is 0 Å². The van der Waals surface area contributed by atoms with Gasteiger partial charge >= 0.3 is 10.4 Å². The van der Waals surface area contributed by atoms with E-state index in [1.165, 1.54) is 0 Å². The largest absolute Gasteiger partial charge is 0.401 e. The molecule has 0 amide bonds. The van der Waals surface area contributed by atoms with Crippen molar-refractivity contribution in [2.24, 2.45) is 5.92 Å². The van der Waals surface area contributed by atoms with Gasteiger partial charge in [0.2, 0.25) is 0 Å². The van der Waals surface area contributed by atoms with Crippen LogP contribution in [0.5, 0.6) is 0 Å². The molecule has 1 aliphatic heterocycles. The molecule has 1 heterocycles. The van der Waals surface area contributed by atoms with Crippen molar-refractivity contribution in [3.05, 3.63) is 0 Å².